The fourth-order valence-corrected chi connectivity index (χ4v) is 5.66. The molecule has 2 unspecified atom stereocenters. The number of fused-ring (bicyclic) bond motifs is 3. The van der Waals surface area contributed by atoms with Gasteiger partial charge in [-0.25, -0.2) is 18.7 Å². The highest BCUT2D eigenvalue weighted by atomic mass is 32.1. The minimum atomic E-state index is -2.60. The standard InChI is InChI=1S/C19H23F2N5OS/c20-19(21)7-5-11(6-8-19)23-16(27)14-3-4-15-17(24-14)28-18(25-15)26-12-1-2-13(26)10-22-9-12/h3-4,11-13,22H,1-2,5-10H2,(H,23,27). The van der Waals surface area contributed by atoms with E-state index in [2.05, 4.69) is 20.5 Å². The lowest BCUT2D eigenvalue weighted by Crippen LogP contribution is -2.51. The number of amides is 1. The van der Waals surface area contributed by atoms with Crippen molar-refractivity contribution in [1.29, 1.82) is 0 Å². The zero-order chi connectivity index (χ0) is 19.3. The van der Waals surface area contributed by atoms with Gasteiger partial charge in [-0.2, -0.15) is 0 Å². The number of hydrogen-bond acceptors (Lipinski definition) is 6. The molecule has 1 saturated carbocycles. The summed E-state index contributed by atoms with van der Waals surface area (Å²) < 4.78 is 26.6. The van der Waals surface area contributed by atoms with E-state index in [1.807, 2.05) is 6.07 Å². The molecule has 5 rings (SSSR count). The van der Waals surface area contributed by atoms with Crippen LogP contribution in [0, 0.1) is 0 Å². The maximum absolute atomic E-state index is 13.3. The molecular weight excluding hydrogens is 384 g/mol. The Bertz CT molecular complexity index is 878. The molecule has 0 radical (unpaired) electrons. The van der Waals surface area contributed by atoms with E-state index in [0.29, 0.717) is 30.6 Å². The first kappa shape index (κ1) is 18.2. The van der Waals surface area contributed by atoms with Crippen LogP contribution in [0.3, 0.4) is 0 Å². The van der Waals surface area contributed by atoms with Crippen LogP contribution in [0.1, 0.15) is 49.0 Å². The van der Waals surface area contributed by atoms with Crippen LogP contribution >= 0.6 is 11.3 Å². The van der Waals surface area contributed by atoms with Gasteiger partial charge in [0.05, 0.1) is 0 Å². The summed E-state index contributed by atoms with van der Waals surface area (Å²) in [4.78, 5) is 25.0. The molecule has 2 bridgehead atoms. The van der Waals surface area contributed by atoms with Crippen molar-refractivity contribution < 1.29 is 13.6 Å². The molecule has 1 amide bonds. The summed E-state index contributed by atoms with van der Waals surface area (Å²) in [6.07, 6.45) is 2.62. The number of aromatic nitrogens is 2. The number of alkyl halides is 2. The van der Waals surface area contributed by atoms with Crippen molar-refractivity contribution in [2.45, 2.75) is 62.6 Å². The zero-order valence-electron chi connectivity index (χ0n) is 15.5. The number of rotatable bonds is 3. The summed E-state index contributed by atoms with van der Waals surface area (Å²) in [6.45, 7) is 1.96. The first-order valence-corrected chi connectivity index (χ1v) is 10.8. The van der Waals surface area contributed by atoms with Gasteiger partial charge in [0.2, 0.25) is 5.92 Å². The number of piperazine rings is 1. The number of pyridine rings is 1. The molecule has 2 aromatic heterocycles. The van der Waals surface area contributed by atoms with E-state index in [-0.39, 0.29) is 24.8 Å². The normalized spacial score (nSPS) is 27.3. The fourth-order valence-electron chi connectivity index (χ4n) is 4.58. The van der Waals surface area contributed by atoms with Gasteiger partial charge >= 0.3 is 0 Å². The van der Waals surface area contributed by atoms with Gasteiger partial charge in [-0.3, -0.25) is 4.79 Å². The molecule has 2 N–H and O–H groups in total. The summed E-state index contributed by atoms with van der Waals surface area (Å²) in [5, 5.41) is 7.31. The van der Waals surface area contributed by atoms with Crippen LogP contribution in [0.4, 0.5) is 13.9 Å². The minimum absolute atomic E-state index is 0.171. The third-order valence-electron chi connectivity index (χ3n) is 6.13. The van der Waals surface area contributed by atoms with Gasteiger partial charge in [-0.05, 0) is 37.8 Å². The van der Waals surface area contributed by atoms with E-state index in [1.165, 1.54) is 24.2 Å². The van der Waals surface area contributed by atoms with Crippen molar-refractivity contribution in [2.75, 3.05) is 18.0 Å². The van der Waals surface area contributed by atoms with Crippen molar-refractivity contribution >= 4 is 32.7 Å². The Hall–Kier alpha value is -1.87. The largest absolute Gasteiger partial charge is 0.348 e. The summed E-state index contributed by atoms with van der Waals surface area (Å²) >= 11 is 1.53. The summed E-state index contributed by atoms with van der Waals surface area (Å²) in [5.74, 6) is -2.89. The maximum Gasteiger partial charge on any atom is 0.270 e. The summed E-state index contributed by atoms with van der Waals surface area (Å²) in [5.41, 5.74) is 1.12. The van der Waals surface area contributed by atoms with Crippen LogP contribution in [0.25, 0.3) is 10.3 Å². The molecule has 28 heavy (non-hydrogen) atoms. The van der Waals surface area contributed by atoms with Crippen LogP contribution in [0.2, 0.25) is 0 Å². The number of halogens is 2. The molecule has 150 valence electrons. The Morgan fingerprint density at radius 2 is 1.86 bits per heavy atom. The van der Waals surface area contributed by atoms with Gasteiger partial charge in [-0.15, -0.1) is 0 Å². The molecular formula is C19H23F2N5OS. The smallest absolute Gasteiger partial charge is 0.270 e. The Labute approximate surface area is 165 Å². The molecule has 0 spiro atoms. The van der Waals surface area contributed by atoms with Crippen LogP contribution in [-0.4, -0.2) is 53.0 Å². The summed E-state index contributed by atoms with van der Waals surface area (Å²) in [7, 11) is 0. The first-order chi connectivity index (χ1) is 13.5. The van der Waals surface area contributed by atoms with Crippen molar-refractivity contribution in [3.05, 3.63) is 17.8 Å². The monoisotopic (exact) mass is 407 g/mol. The highest BCUT2D eigenvalue weighted by molar-refractivity contribution is 7.21. The fraction of sp³-hybridized carbons (Fsp3) is 0.632. The Balaban J connectivity index is 1.32. The molecule has 2 atom stereocenters. The topological polar surface area (TPSA) is 70.2 Å². The number of nitrogens with one attached hydrogen (secondary N) is 2. The van der Waals surface area contributed by atoms with Crippen molar-refractivity contribution in [3.8, 4) is 0 Å². The maximum atomic E-state index is 13.3. The van der Waals surface area contributed by atoms with Crippen molar-refractivity contribution in [3.63, 3.8) is 0 Å². The van der Waals surface area contributed by atoms with Crippen LogP contribution in [0.5, 0.6) is 0 Å². The number of anilines is 1. The molecule has 9 heteroatoms. The number of nitrogens with zero attached hydrogens (tertiary/aromatic N) is 3. The predicted molar refractivity (Wildman–Crippen MR) is 104 cm³/mol. The Morgan fingerprint density at radius 3 is 2.57 bits per heavy atom. The second kappa shape index (κ2) is 6.88. The first-order valence-electron chi connectivity index (χ1n) is 9.94. The number of thiazole rings is 1. The van der Waals surface area contributed by atoms with Gasteiger partial charge in [-0.1, -0.05) is 11.3 Å². The average molecular weight is 407 g/mol. The van der Waals surface area contributed by atoms with Gasteiger partial charge < -0.3 is 15.5 Å². The lowest BCUT2D eigenvalue weighted by Gasteiger charge is -2.34. The van der Waals surface area contributed by atoms with Crippen molar-refractivity contribution in [1.82, 2.24) is 20.6 Å². The van der Waals surface area contributed by atoms with Gasteiger partial charge in [0.25, 0.3) is 5.91 Å². The highest BCUT2D eigenvalue weighted by Gasteiger charge is 2.38. The van der Waals surface area contributed by atoms with E-state index in [0.717, 1.165) is 28.6 Å². The predicted octanol–water partition coefficient (Wildman–Crippen LogP) is 2.94. The zero-order valence-corrected chi connectivity index (χ0v) is 16.3. The van der Waals surface area contributed by atoms with Crippen LogP contribution < -0.4 is 15.5 Å². The van der Waals surface area contributed by atoms with Gasteiger partial charge in [0, 0.05) is 44.1 Å². The van der Waals surface area contributed by atoms with E-state index in [9.17, 15) is 13.6 Å². The second-order valence-electron chi connectivity index (χ2n) is 8.07. The van der Waals surface area contributed by atoms with E-state index in [4.69, 9.17) is 4.98 Å². The molecule has 3 fully saturated rings. The van der Waals surface area contributed by atoms with E-state index >= 15 is 0 Å². The molecule has 1 aliphatic carbocycles. The quantitative estimate of drug-likeness (QED) is 0.819. The summed E-state index contributed by atoms with van der Waals surface area (Å²) in [6, 6.07) is 4.25. The molecule has 2 aromatic rings. The SMILES string of the molecule is O=C(NC1CCC(F)(F)CC1)c1ccc2nc(N3C4CCC3CNC4)sc2n1. The molecule has 6 nitrogen and oxygen atoms in total. The van der Waals surface area contributed by atoms with Gasteiger partial charge in [0.1, 0.15) is 16.0 Å². The minimum Gasteiger partial charge on any atom is -0.348 e. The van der Waals surface area contributed by atoms with Crippen LogP contribution in [0.15, 0.2) is 12.1 Å². The highest BCUT2D eigenvalue weighted by Crippen LogP contribution is 2.37. The third-order valence-corrected chi connectivity index (χ3v) is 7.11. The lowest BCUT2D eigenvalue weighted by molar-refractivity contribution is -0.0399. The Kier molecular flexibility index (Phi) is 4.46. The average Bonchev–Trinajstić information content (AvgIpc) is 3.20. The van der Waals surface area contributed by atoms with E-state index < -0.39 is 5.92 Å². The molecule has 2 saturated heterocycles. The second-order valence-corrected chi connectivity index (χ2v) is 9.03. The third kappa shape index (κ3) is 3.34. The number of carbonyl (C=O) groups is 1. The lowest BCUT2D eigenvalue weighted by atomic mass is 9.92. The van der Waals surface area contributed by atoms with Gasteiger partial charge in [0.15, 0.2) is 5.13 Å². The molecule has 2 aliphatic heterocycles. The van der Waals surface area contributed by atoms with Crippen LogP contribution in [-0.2, 0) is 0 Å². The molecule has 3 aliphatic rings. The van der Waals surface area contributed by atoms with Crippen molar-refractivity contribution in [2.24, 2.45) is 0 Å². The number of hydrogen-bond donors (Lipinski definition) is 2. The molecule has 4 heterocycles. The molecule has 0 aromatic carbocycles. The van der Waals surface area contributed by atoms with E-state index in [1.54, 1.807) is 6.07 Å². The number of carbonyl (C=O) groups excluding carboxylic acids is 1. The Morgan fingerprint density at radius 1 is 1.14 bits per heavy atom.